The van der Waals surface area contributed by atoms with E-state index in [0.717, 1.165) is 5.56 Å². The SMILES string of the molecule is CC#CCCC(=O)N(Cc1ccccc1)C(C(=O)OCC)C(=O)OCC. The van der Waals surface area contributed by atoms with Crippen LogP contribution in [0.1, 0.15) is 39.2 Å². The maximum Gasteiger partial charge on any atom is 0.340 e. The van der Waals surface area contributed by atoms with E-state index in [-0.39, 0.29) is 32.1 Å². The van der Waals surface area contributed by atoms with E-state index in [0.29, 0.717) is 6.42 Å². The van der Waals surface area contributed by atoms with Gasteiger partial charge in [0.05, 0.1) is 13.2 Å². The summed E-state index contributed by atoms with van der Waals surface area (Å²) in [6.07, 6.45) is 0.446. The molecule has 0 atom stereocenters. The molecule has 0 aromatic heterocycles. The Hall–Kier alpha value is -2.81. The second-order valence-corrected chi connectivity index (χ2v) is 5.34. The first kappa shape index (κ1) is 21.2. The molecule has 0 aliphatic heterocycles. The zero-order valence-corrected chi connectivity index (χ0v) is 15.5. The largest absolute Gasteiger partial charge is 0.464 e. The van der Waals surface area contributed by atoms with Crippen LogP contribution in [0.25, 0.3) is 0 Å². The van der Waals surface area contributed by atoms with Crippen LogP contribution in [0.15, 0.2) is 30.3 Å². The summed E-state index contributed by atoms with van der Waals surface area (Å²) < 4.78 is 10.0. The van der Waals surface area contributed by atoms with Gasteiger partial charge in [-0.1, -0.05) is 30.3 Å². The minimum Gasteiger partial charge on any atom is -0.464 e. The molecule has 0 spiro atoms. The zero-order chi connectivity index (χ0) is 19.4. The third-order valence-electron chi connectivity index (χ3n) is 3.49. The summed E-state index contributed by atoms with van der Waals surface area (Å²) in [4.78, 5) is 38.7. The van der Waals surface area contributed by atoms with E-state index < -0.39 is 18.0 Å². The molecule has 0 aliphatic carbocycles. The minimum absolute atomic E-state index is 0.0987. The molecule has 6 nitrogen and oxygen atoms in total. The van der Waals surface area contributed by atoms with Crippen molar-refractivity contribution in [2.75, 3.05) is 13.2 Å². The van der Waals surface area contributed by atoms with Crippen LogP contribution >= 0.6 is 0 Å². The topological polar surface area (TPSA) is 72.9 Å². The minimum atomic E-state index is -1.43. The van der Waals surface area contributed by atoms with Crippen molar-refractivity contribution in [2.45, 2.75) is 46.2 Å². The number of amides is 1. The predicted molar refractivity (Wildman–Crippen MR) is 96.7 cm³/mol. The Morgan fingerprint density at radius 3 is 2.12 bits per heavy atom. The van der Waals surface area contributed by atoms with Gasteiger partial charge in [0.1, 0.15) is 0 Å². The summed E-state index contributed by atoms with van der Waals surface area (Å²) in [5.41, 5.74) is 0.793. The van der Waals surface area contributed by atoms with Gasteiger partial charge >= 0.3 is 11.9 Å². The second-order valence-electron chi connectivity index (χ2n) is 5.34. The highest BCUT2D eigenvalue weighted by Crippen LogP contribution is 2.14. The molecule has 1 rings (SSSR count). The Morgan fingerprint density at radius 1 is 1.04 bits per heavy atom. The van der Waals surface area contributed by atoms with Gasteiger partial charge in [-0.15, -0.1) is 11.8 Å². The molecule has 0 N–H and O–H groups in total. The summed E-state index contributed by atoms with van der Waals surface area (Å²) in [6, 6.07) is 7.70. The molecule has 0 heterocycles. The number of hydrogen-bond donors (Lipinski definition) is 0. The molecule has 140 valence electrons. The fraction of sp³-hybridized carbons (Fsp3) is 0.450. The van der Waals surface area contributed by atoms with E-state index in [1.807, 2.05) is 30.3 Å². The van der Waals surface area contributed by atoms with Gasteiger partial charge in [0.15, 0.2) is 0 Å². The molecule has 0 radical (unpaired) electrons. The van der Waals surface area contributed by atoms with Crippen molar-refractivity contribution < 1.29 is 23.9 Å². The van der Waals surface area contributed by atoms with Gasteiger partial charge in [0, 0.05) is 19.4 Å². The highest BCUT2D eigenvalue weighted by Gasteiger charge is 2.38. The Kier molecular flexibility index (Phi) is 9.55. The van der Waals surface area contributed by atoms with Gasteiger partial charge in [-0.05, 0) is 26.3 Å². The Morgan fingerprint density at radius 2 is 1.62 bits per heavy atom. The average molecular weight is 359 g/mol. The Bertz CT molecular complexity index is 642. The van der Waals surface area contributed by atoms with Gasteiger partial charge in [0.25, 0.3) is 0 Å². The standard InChI is InChI=1S/C20H25NO5/c1-4-7-9-14-17(22)21(15-16-12-10-8-11-13-16)18(19(23)25-5-2)20(24)26-6-3/h8,10-13,18H,5-6,9,14-15H2,1-3H3. The Labute approximate surface area is 154 Å². The lowest BCUT2D eigenvalue weighted by Crippen LogP contribution is -2.50. The van der Waals surface area contributed by atoms with E-state index >= 15 is 0 Å². The van der Waals surface area contributed by atoms with Crippen LogP contribution in [0.3, 0.4) is 0 Å². The molecule has 0 unspecified atom stereocenters. The van der Waals surface area contributed by atoms with Crippen molar-refractivity contribution >= 4 is 17.8 Å². The molecule has 0 saturated heterocycles. The summed E-state index contributed by atoms with van der Waals surface area (Å²) in [7, 11) is 0. The molecule has 0 bridgehead atoms. The number of hydrogen-bond acceptors (Lipinski definition) is 5. The van der Waals surface area contributed by atoms with Crippen LogP contribution in [0.2, 0.25) is 0 Å². The number of carbonyl (C=O) groups is 3. The molecule has 1 aromatic rings. The van der Waals surface area contributed by atoms with Gasteiger partial charge in [-0.3, -0.25) is 4.79 Å². The normalized spacial score (nSPS) is 9.85. The van der Waals surface area contributed by atoms with Crippen molar-refractivity contribution in [3.63, 3.8) is 0 Å². The number of nitrogens with zero attached hydrogens (tertiary/aromatic N) is 1. The molecular weight excluding hydrogens is 334 g/mol. The van der Waals surface area contributed by atoms with Crippen LogP contribution in [-0.4, -0.2) is 42.0 Å². The van der Waals surface area contributed by atoms with Crippen molar-refractivity contribution in [1.82, 2.24) is 4.90 Å². The lowest BCUT2D eigenvalue weighted by Gasteiger charge is -2.28. The number of esters is 2. The maximum absolute atomic E-state index is 12.7. The van der Waals surface area contributed by atoms with Gasteiger partial charge in [-0.25, -0.2) is 9.59 Å². The quantitative estimate of drug-likeness (QED) is 0.384. The van der Waals surface area contributed by atoms with Crippen LogP contribution < -0.4 is 0 Å². The molecule has 26 heavy (non-hydrogen) atoms. The molecular formula is C20H25NO5. The van der Waals surface area contributed by atoms with E-state index in [4.69, 9.17) is 9.47 Å². The van der Waals surface area contributed by atoms with Crippen LogP contribution in [0.4, 0.5) is 0 Å². The first-order valence-corrected chi connectivity index (χ1v) is 8.61. The van der Waals surface area contributed by atoms with E-state index in [1.165, 1.54) is 4.90 Å². The van der Waals surface area contributed by atoms with E-state index in [2.05, 4.69) is 11.8 Å². The first-order chi connectivity index (χ1) is 12.5. The van der Waals surface area contributed by atoms with E-state index in [9.17, 15) is 14.4 Å². The summed E-state index contributed by atoms with van der Waals surface area (Å²) >= 11 is 0. The highest BCUT2D eigenvalue weighted by atomic mass is 16.6. The lowest BCUT2D eigenvalue weighted by atomic mass is 10.1. The maximum atomic E-state index is 12.7. The fourth-order valence-electron chi connectivity index (χ4n) is 2.33. The van der Waals surface area contributed by atoms with E-state index in [1.54, 1.807) is 20.8 Å². The molecule has 1 amide bonds. The van der Waals surface area contributed by atoms with Gasteiger partial charge < -0.3 is 14.4 Å². The average Bonchev–Trinajstić information content (AvgIpc) is 2.62. The predicted octanol–water partition coefficient (Wildman–Crippen LogP) is 2.31. The molecule has 0 fully saturated rings. The Balaban J connectivity index is 3.16. The summed E-state index contributed by atoms with van der Waals surface area (Å²) in [6.45, 7) is 5.27. The summed E-state index contributed by atoms with van der Waals surface area (Å²) in [5.74, 6) is 3.59. The zero-order valence-electron chi connectivity index (χ0n) is 15.5. The van der Waals surface area contributed by atoms with Crippen LogP contribution in [0.5, 0.6) is 0 Å². The van der Waals surface area contributed by atoms with Gasteiger partial charge in [-0.2, -0.15) is 0 Å². The third-order valence-corrected chi connectivity index (χ3v) is 3.49. The van der Waals surface area contributed by atoms with Crippen LogP contribution in [0, 0.1) is 11.8 Å². The van der Waals surface area contributed by atoms with Crippen molar-refractivity contribution in [3.8, 4) is 11.8 Å². The van der Waals surface area contributed by atoms with Gasteiger partial charge in [0.2, 0.25) is 11.9 Å². The molecule has 6 heteroatoms. The summed E-state index contributed by atoms with van der Waals surface area (Å²) in [5, 5.41) is 0. The highest BCUT2D eigenvalue weighted by molar-refractivity contribution is 6.02. The molecule has 1 aromatic carbocycles. The van der Waals surface area contributed by atoms with Crippen LogP contribution in [-0.2, 0) is 30.4 Å². The molecule has 0 aliphatic rings. The number of carbonyl (C=O) groups excluding carboxylic acids is 3. The smallest absolute Gasteiger partial charge is 0.340 e. The number of rotatable bonds is 9. The second kappa shape index (κ2) is 11.7. The lowest BCUT2D eigenvalue weighted by molar-refractivity contribution is -0.168. The van der Waals surface area contributed by atoms with Crippen molar-refractivity contribution in [3.05, 3.63) is 35.9 Å². The van der Waals surface area contributed by atoms with Crippen molar-refractivity contribution in [1.29, 1.82) is 0 Å². The monoisotopic (exact) mass is 359 g/mol. The fourth-order valence-corrected chi connectivity index (χ4v) is 2.33. The first-order valence-electron chi connectivity index (χ1n) is 8.61. The van der Waals surface area contributed by atoms with Crippen molar-refractivity contribution in [2.24, 2.45) is 0 Å². The number of benzene rings is 1. The number of ether oxygens (including phenoxy) is 2. The third kappa shape index (κ3) is 6.60. The molecule has 0 saturated carbocycles.